The van der Waals surface area contributed by atoms with E-state index in [1.165, 1.54) is 0 Å². The average Bonchev–Trinajstić information content (AvgIpc) is 2.03. The lowest BCUT2D eigenvalue weighted by molar-refractivity contribution is 0.399. The van der Waals surface area contributed by atoms with Crippen LogP contribution in [0.4, 0.5) is 0 Å². The summed E-state index contributed by atoms with van der Waals surface area (Å²) in [5.41, 5.74) is 0. The lowest BCUT2D eigenvalue weighted by Crippen LogP contribution is -1.25. The highest BCUT2D eigenvalue weighted by Gasteiger charge is 0.845. The largest absolute Gasteiger partial charge is 0.400 e. The van der Waals surface area contributed by atoms with Crippen molar-refractivity contribution >= 4 is 0 Å². The van der Waals surface area contributed by atoms with Crippen molar-refractivity contribution in [2.45, 2.75) is 149 Å². The molecule has 0 saturated carbocycles. The molecule has 0 spiro atoms. The van der Waals surface area contributed by atoms with E-state index >= 15 is 0 Å². The third-order valence-corrected chi connectivity index (χ3v) is 0. The Morgan fingerprint density at radius 1 is 0.143 bits per heavy atom. The van der Waals surface area contributed by atoms with Gasteiger partial charge in [0.2, 0.25) is 0 Å². The molecule has 0 aromatic carbocycles. The summed E-state index contributed by atoms with van der Waals surface area (Å²) in [5.74, 6) is 0. The van der Waals surface area contributed by atoms with E-state index < -0.39 is 0 Å². The van der Waals surface area contributed by atoms with E-state index in [0.29, 0.717) is 0 Å². The van der Waals surface area contributed by atoms with Crippen molar-refractivity contribution in [3.8, 4) is 0 Å². The first-order chi connectivity index (χ1) is 4.00. The van der Waals surface area contributed by atoms with Gasteiger partial charge < -0.3 is 20.4 Å². The highest BCUT2D eigenvalue weighted by atomic mass is 16.2. The summed E-state index contributed by atoms with van der Waals surface area (Å²) in [6, 6.07) is 0. The standard InChI is InChI=1S/4CH4O.20CH4/c4*1-2;;;;;;;;;;;;;;;;;;;;/h4*2H,1H3;20*1H4. The first kappa shape index (κ1) is 1360. The Bertz CT molecular complexity index is 16.6. The molecule has 0 aliphatic rings. The molecule has 0 aliphatic carbocycles. The van der Waals surface area contributed by atoms with Crippen molar-refractivity contribution in [1.29, 1.82) is 0 Å². The zero-order chi connectivity index (χ0) is 8.00. The number of hydrogen-bond donors (Lipinski definition) is 4. The summed E-state index contributed by atoms with van der Waals surface area (Å²) >= 11 is 0. The molecule has 0 fully saturated rings. The van der Waals surface area contributed by atoms with Crippen LogP contribution < -0.4 is 0 Å². The number of aliphatic hydroxyl groups excluding tert-OH is 4. The number of aliphatic hydroxyl groups is 4. The lowest BCUT2D eigenvalue weighted by atomic mass is 11.8. The van der Waals surface area contributed by atoms with Crippen molar-refractivity contribution in [2.24, 2.45) is 0 Å². The van der Waals surface area contributed by atoms with Crippen LogP contribution in [-0.4, -0.2) is 48.9 Å². The SMILES string of the molecule is C.C.C.C.C.C.C.C.C.C.C.C.C.C.C.C.C.C.C.C.CO.CO.CO.CO. The molecule has 0 saturated heterocycles. The molecule has 0 heterocycles. The maximum absolute atomic E-state index is 7.00. The van der Waals surface area contributed by atoms with Crippen LogP contribution in [0.15, 0.2) is 0 Å². The van der Waals surface area contributed by atoms with Gasteiger partial charge in [-0.25, -0.2) is 0 Å². The fourth-order valence-corrected chi connectivity index (χ4v) is 0. The first-order valence-electron chi connectivity index (χ1n) is 1.79. The number of hydrogen-bond acceptors (Lipinski definition) is 4. The van der Waals surface area contributed by atoms with Gasteiger partial charge in [-0.15, -0.1) is 0 Å². The normalized spacial score (nSPS) is 0.857. The van der Waals surface area contributed by atoms with Crippen LogP contribution in [0.2, 0.25) is 0 Å². The van der Waals surface area contributed by atoms with Gasteiger partial charge in [0.05, 0.1) is 0 Å². The molecule has 0 amide bonds. The van der Waals surface area contributed by atoms with Gasteiger partial charge in [-0.05, 0) is 0 Å². The van der Waals surface area contributed by atoms with Gasteiger partial charge in [0.1, 0.15) is 0 Å². The monoisotopic (exact) mass is 449 g/mol. The van der Waals surface area contributed by atoms with Crippen LogP contribution in [0, 0.1) is 0 Å². The van der Waals surface area contributed by atoms with Crippen LogP contribution in [0.5, 0.6) is 0 Å². The highest BCUT2D eigenvalue weighted by Crippen LogP contribution is 0.761. The summed E-state index contributed by atoms with van der Waals surface area (Å²) in [5, 5.41) is 28.0. The summed E-state index contributed by atoms with van der Waals surface area (Å²) in [6.07, 6.45) is 0. The van der Waals surface area contributed by atoms with Crippen LogP contribution in [0.1, 0.15) is 149 Å². The minimum Gasteiger partial charge on any atom is -0.400 e. The summed E-state index contributed by atoms with van der Waals surface area (Å²) < 4.78 is 0. The minimum absolute atomic E-state index is 0. The van der Waals surface area contributed by atoms with Crippen molar-refractivity contribution in [1.82, 2.24) is 0 Å². The molecular formula is C24H96O4. The van der Waals surface area contributed by atoms with Gasteiger partial charge in [0, 0.05) is 28.4 Å². The van der Waals surface area contributed by atoms with Gasteiger partial charge in [0.25, 0.3) is 0 Å². The van der Waals surface area contributed by atoms with Gasteiger partial charge in [0.15, 0.2) is 0 Å². The summed E-state index contributed by atoms with van der Waals surface area (Å²) in [7, 11) is 4.00. The van der Waals surface area contributed by atoms with Gasteiger partial charge in [-0.2, -0.15) is 0 Å². The Morgan fingerprint density at radius 2 is 0.143 bits per heavy atom. The molecule has 28 heavy (non-hydrogen) atoms. The van der Waals surface area contributed by atoms with Crippen molar-refractivity contribution in [3.05, 3.63) is 0 Å². The average molecular weight is 449 g/mol. The minimum atomic E-state index is 0. The second-order valence-electron chi connectivity index (χ2n) is 0. The van der Waals surface area contributed by atoms with Crippen LogP contribution in [0.3, 0.4) is 0 Å². The second kappa shape index (κ2) is 700000. The lowest BCUT2D eigenvalue weighted by Gasteiger charge is -1.21. The molecule has 0 unspecified atom stereocenters. The molecule has 0 aromatic heterocycles. The zero-order valence-corrected chi connectivity index (χ0v) is 5.79. The van der Waals surface area contributed by atoms with E-state index in [1.54, 1.807) is 0 Å². The van der Waals surface area contributed by atoms with Crippen LogP contribution in [0.25, 0.3) is 0 Å². The highest BCUT2D eigenvalue weighted by molar-refractivity contribution is 3.18. The van der Waals surface area contributed by atoms with Crippen LogP contribution >= 0.6 is 0 Å². The molecule has 0 rings (SSSR count). The Morgan fingerprint density at radius 3 is 0.143 bits per heavy atom. The van der Waals surface area contributed by atoms with E-state index in [1.807, 2.05) is 0 Å². The van der Waals surface area contributed by atoms with Crippen molar-refractivity contribution in [3.63, 3.8) is 0 Å². The molecule has 0 bridgehead atoms. The smallest absolute Gasteiger partial charge is 0.0319 e. The fraction of sp³-hybridized carbons (Fsp3) is 1.00. The van der Waals surface area contributed by atoms with Crippen molar-refractivity contribution < 1.29 is 20.4 Å². The molecular weight excluding hydrogens is 352 g/mol. The molecule has 0 aromatic rings. The first-order valence-corrected chi connectivity index (χ1v) is 1.79. The topological polar surface area (TPSA) is 80.9 Å². The summed E-state index contributed by atoms with van der Waals surface area (Å²) in [6.45, 7) is 0. The molecule has 216 valence electrons. The van der Waals surface area contributed by atoms with Gasteiger partial charge in [-0.1, -0.05) is 149 Å². The fourth-order valence-electron chi connectivity index (χ4n) is 0. The molecule has 4 N–H and O–H groups in total. The van der Waals surface area contributed by atoms with E-state index in [4.69, 9.17) is 20.4 Å². The maximum Gasteiger partial charge on any atom is 0.0319 e. The second-order valence-corrected chi connectivity index (χ2v) is 0. The molecule has 4 heteroatoms. The third kappa shape index (κ3) is 623000. The van der Waals surface area contributed by atoms with Gasteiger partial charge >= 0.3 is 0 Å². The van der Waals surface area contributed by atoms with E-state index in [0.717, 1.165) is 28.4 Å². The predicted octanol–water partition coefficient (Wildman–Crippen LogP) is 11.2. The Hall–Kier alpha value is -0.160. The van der Waals surface area contributed by atoms with Crippen molar-refractivity contribution in [2.75, 3.05) is 28.4 Å². The molecule has 0 radical (unpaired) electrons. The van der Waals surface area contributed by atoms with Gasteiger partial charge in [-0.3, -0.25) is 0 Å². The van der Waals surface area contributed by atoms with Crippen LogP contribution in [-0.2, 0) is 0 Å². The quantitative estimate of drug-likeness (QED) is 0.297. The molecule has 0 atom stereocenters. The zero-order valence-electron chi connectivity index (χ0n) is 5.79. The van der Waals surface area contributed by atoms with E-state index in [-0.39, 0.29) is 149 Å². The third-order valence-electron chi connectivity index (χ3n) is 0. The molecule has 0 aliphatic heterocycles. The Kier molecular flexibility index (Phi) is 34000000. The predicted molar refractivity (Wildman–Crippen MR) is 167 cm³/mol. The number of rotatable bonds is 0. The summed E-state index contributed by atoms with van der Waals surface area (Å²) in [4.78, 5) is 0. The van der Waals surface area contributed by atoms with E-state index in [9.17, 15) is 0 Å². The molecule has 4 nitrogen and oxygen atoms in total. The maximum atomic E-state index is 7.00. The Balaban J connectivity index is -0.000000000280. The Labute approximate surface area is 197 Å². The van der Waals surface area contributed by atoms with E-state index in [2.05, 4.69) is 0 Å².